The van der Waals surface area contributed by atoms with E-state index in [-0.39, 0.29) is 25.1 Å². The van der Waals surface area contributed by atoms with Crippen LogP contribution in [-0.4, -0.2) is 39.8 Å². The number of halogens is 2. The second-order valence-electron chi connectivity index (χ2n) is 5.51. The maximum atomic E-state index is 9.30. The van der Waals surface area contributed by atoms with Crippen molar-refractivity contribution in [2.75, 3.05) is 13.2 Å². The Morgan fingerprint density at radius 1 is 1.35 bits per heavy atom. The summed E-state index contributed by atoms with van der Waals surface area (Å²) in [5.74, 6) is -0.728. The van der Waals surface area contributed by atoms with Crippen LogP contribution in [0.25, 0.3) is 0 Å². The van der Waals surface area contributed by atoms with Crippen LogP contribution in [0, 0.1) is 0 Å². The van der Waals surface area contributed by atoms with E-state index in [9.17, 15) is 5.11 Å². The third-order valence-corrected chi connectivity index (χ3v) is 4.06. The van der Waals surface area contributed by atoms with Crippen molar-refractivity contribution in [1.29, 1.82) is 0 Å². The molecule has 2 atom stereocenters. The van der Waals surface area contributed by atoms with E-state index in [1.54, 1.807) is 12.5 Å². The SMILES string of the molecule is Cl.OC[C@@H]1CO[C@@](CCc2ccc(Cl)cc2)(Cn2ccnc2)O1. The number of aliphatic hydroxyl groups is 1. The molecular weight excluding hydrogens is 339 g/mol. The molecule has 1 aliphatic rings. The summed E-state index contributed by atoms with van der Waals surface area (Å²) in [7, 11) is 0. The highest BCUT2D eigenvalue weighted by atomic mass is 35.5. The molecule has 1 aromatic heterocycles. The quantitative estimate of drug-likeness (QED) is 0.862. The lowest BCUT2D eigenvalue weighted by Gasteiger charge is -2.28. The lowest BCUT2D eigenvalue weighted by atomic mass is 10.0. The molecule has 5 nitrogen and oxygen atoms in total. The largest absolute Gasteiger partial charge is 0.394 e. The molecule has 1 aliphatic heterocycles. The Labute approximate surface area is 146 Å². The molecule has 0 saturated carbocycles. The average Bonchev–Trinajstić information content (AvgIpc) is 3.17. The highest BCUT2D eigenvalue weighted by Gasteiger charge is 2.41. The maximum absolute atomic E-state index is 9.30. The van der Waals surface area contributed by atoms with Crippen molar-refractivity contribution in [1.82, 2.24) is 9.55 Å². The number of imidazole rings is 1. The van der Waals surface area contributed by atoms with Crippen LogP contribution in [0.4, 0.5) is 0 Å². The maximum Gasteiger partial charge on any atom is 0.187 e. The Morgan fingerprint density at radius 3 is 2.74 bits per heavy atom. The van der Waals surface area contributed by atoms with Gasteiger partial charge < -0.3 is 19.1 Å². The monoisotopic (exact) mass is 358 g/mol. The van der Waals surface area contributed by atoms with Crippen LogP contribution in [0.3, 0.4) is 0 Å². The predicted octanol–water partition coefficient (Wildman–Crippen LogP) is 2.70. The molecule has 1 saturated heterocycles. The molecule has 0 unspecified atom stereocenters. The van der Waals surface area contributed by atoms with Gasteiger partial charge in [-0.3, -0.25) is 0 Å². The molecule has 0 amide bonds. The fourth-order valence-electron chi connectivity index (χ4n) is 2.64. The fourth-order valence-corrected chi connectivity index (χ4v) is 2.77. The zero-order chi connectivity index (χ0) is 15.4. The summed E-state index contributed by atoms with van der Waals surface area (Å²) in [4.78, 5) is 4.05. The van der Waals surface area contributed by atoms with Gasteiger partial charge in [0.2, 0.25) is 0 Å². The summed E-state index contributed by atoms with van der Waals surface area (Å²) in [6, 6.07) is 7.77. The van der Waals surface area contributed by atoms with E-state index < -0.39 is 5.79 Å². The second-order valence-corrected chi connectivity index (χ2v) is 5.94. The molecule has 0 aliphatic carbocycles. The van der Waals surface area contributed by atoms with Crippen LogP contribution in [0.1, 0.15) is 12.0 Å². The molecule has 1 N–H and O–H groups in total. The number of benzene rings is 1. The third-order valence-electron chi connectivity index (χ3n) is 3.81. The van der Waals surface area contributed by atoms with Crippen LogP contribution < -0.4 is 0 Å². The van der Waals surface area contributed by atoms with Crippen molar-refractivity contribution < 1.29 is 14.6 Å². The Morgan fingerprint density at radius 2 is 2.13 bits per heavy atom. The van der Waals surface area contributed by atoms with Gasteiger partial charge in [-0.05, 0) is 24.1 Å². The van der Waals surface area contributed by atoms with Gasteiger partial charge in [0.05, 0.1) is 26.1 Å². The van der Waals surface area contributed by atoms with Gasteiger partial charge in [0, 0.05) is 23.8 Å². The first-order chi connectivity index (χ1) is 10.7. The Balaban J connectivity index is 0.00000192. The highest BCUT2D eigenvalue weighted by molar-refractivity contribution is 6.30. The minimum absolute atomic E-state index is 0. The molecule has 23 heavy (non-hydrogen) atoms. The van der Waals surface area contributed by atoms with E-state index in [4.69, 9.17) is 21.1 Å². The van der Waals surface area contributed by atoms with E-state index in [0.29, 0.717) is 19.6 Å². The van der Waals surface area contributed by atoms with E-state index in [2.05, 4.69) is 4.98 Å². The summed E-state index contributed by atoms with van der Waals surface area (Å²) in [6.45, 7) is 0.926. The molecular formula is C16H20Cl2N2O3. The number of ether oxygens (including phenoxy) is 2. The van der Waals surface area contributed by atoms with Crippen molar-refractivity contribution in [3.8, 4) is 0 Å². The molecule has 3 rings (SSSR count). The lowest BCUT2D eigenvalue weighted by Crippen LogP contribution is -2.37. The third kappa shape index (κ3) is 4.68. The minimum Gasteiger partial charge on any atom is -0.394 e. The van der Waals surface area contributed by atoms with Gasteiger partial charge in [0.1, 0.15) is 6.10 Å². The van der Waals surface area contributed by atoms with Crippen molar-refractivity contribution in [2.24, 2.45) is 0 Å². The van der Waals surface area contributed by atoms with Gasteiger partial charge in [-0.1, -0.05) is 23.7 Å². The molecule has 0 bridgehead atoms. The van der Waals surface area contributed by atoms with Gasteiger partial charge >= 0.3 is 0 Å². The summed E-state index contributed by atoms with van der Waals surface area (Å²) in [5, 5.41) is 10.0. The molecule has 0 spiro atoms. The van der Waals surface area contributed by atoms with Crippen LogP contribution in [0.5, 0.6) is 0 Å². The van der Waals surface area contributed by atoms with Crippen molar-refractivity contribution >= 4 is 24.0 Å². The topological polar surface area (TPSA) is 56.5 Å². The number of aryl methyl sites for hydroxylation is 1. The standard InChI is InChI=1S/C16H19ClN2O3.ClH/c17-14-3-1-13(2-4-14)5-6-16(11-19-8-7-18-12-19)21-10-15(9-20)22-16;/h1-4,7-8,12,15,20H,5-6,9-11H2;1H/t15-,16-;/m1./s1. The first kappa shape index (κ1) is 18.2. The van der Waals surface area contributed by atoms with Crippen molar-refractivity contribution in [3.63, 3.8) is 0 Å². The second kappa shape index (κ2) is 8.13. The zero-order valence-electron chi connectivity index (χ0n) is 12.6. The molecule has 0 radical (unpaired) electrons. The van der Waals surface area contributed by atoms with Crippen LogP contribution >= 0.6 is 24.0 Å². The van der Waals surface area contributed by atoms with E-state index in [0.717, 1.165) is 11.4 Å². The summed E-state index contributed by atoms with van der Waals surface area (Å²) in [5.41, 5.74) is 1.18. The summed E-state index contributed by atoms with van der Waals surface area (Å²) >= 11 is 5.91. The van der Waals surface area contributed by atoms with Gasteiger partial charge in [-0.2, -0.15) is 0 Å². The Hall–Kier alpha value is -1.11. The minimum atomic E-state index is -0.728. The average molecular weight is 359 g/mol. The molecule has 2 heterocycles. The van der Waals surface area contributed by atoms with Gasteiger partial charge in [0.15, 0.2) is 5.79 Å². The number of aliphatic hydroxyl groups excluding tert-OH is 1. The number of hydrogen-bond acceptors (Lipinski definition) is 4. The van der Waals surface area contributed by atoms with Crippen LogP contribution in [0.2, 0.25) is 5.02 Å². The summed E-state index contributed by atoms with van der Waals surface area (Å²) in [6.07, 6.45) is 6.58. The smallest absolute Gasteiger partial charge is 0.187 e. The molecule has 2 aromatic rings. The van der Waals surface area contributed by atoms with E-state index in [1.807, 2.05) is 35.0 Å². The molecule has 1 aromatic carbocycles. The van der Waals surface area contributed by atoms with Gasteiger partial charge in [0.25, 0.3) is 0 Å². The van der Waals surface area contributed by atoms with Crippen molar-refractivity contribution in [2.45, 2.75) is 31.3 Å². The van der Waals surface area contributed by atoms with Crippen molar-refractivity contribution in [3.05, 3.63) is 53.6 Å². The first-order valence-corrected chi connectivity index (χ1v) is 7.70. The highest BCUT2D eigenvalue weighted by Crippen LogP contribution is 2.30. The Kier molecular flexibility index (Phi) is 6.44. The van der Waals surface area contributed by atoms with Crippen LogP contribution in [0.15, 0.2) is 43.0 Å². The van der Waals surface area contributed by atoms with E-state index in [1.165, 1.54) is 5.56 Å². The number of nitrogens with zero attached hydrogens (tertiary/aromatic N) is 2. The fraction of sp³-hybridized carbons (Fsp3) is 0.438. The van der Waals surface area contributed by atoms with Gasteiger partial charge in [-0.15, -0.1) is 12.4 Å². The normalized spacial score (nSPS) is 23.7. The first-order valence-electron chi connectivity index (χ1n) is 7.32. The molecule has 1 fully saturated rings. The predicted molar refractivity (Wildman–Crippen MR) is 89.9 cm³/mol. The number of hydrogen-bond donors (Lipinski definition) is 1. The Bertz CT molecular complexity index is 592. The number of aromatic nitrogens is 2. The zero-order valence-corrected chi connectivity index (χ0v) is 14.2. The van der Waals surface area contributed by atoms with Crippen LogP contribution in [-0.2, 0) is 22.4 Å². The van der Waals surface area contributed by atoms with Gasteiger partial charge in [-0.25, -0.2) is 4.98 Å². The molecule has 7 heteroatoms. The summed E-state index contributed by atoms with van der Waals surface area (Å²) < 4.78 is 13.8. The number of rotatable bonds is 6. The van der Waals surface area contributed by atoms with E-state index >= 15 is 0 Å². The lowest BCUT2D eigenvalue weighted by molar-refractivity contribution is -0.185. The molecule has 126 valence electrons.